The Kier molecular flexibility index (Phi) is 8.89. The van der Waals surface area contributed by atoms with E-state index in [1.54, 1.807) is 0 Å². The van der Waals surface area contributed by atoms with Gasteiger partial charge >= 0.3 is 35.2 Å². The van der Waals surface area contributed by atoms with Gasteiger partial charge in [0.15, 0.2) is 5.78 Å². The molecule has 1 aromatic carbocycles. The average molecular weight is 298 g/mol. The molecule has 0 aliphatic rings. The van der Waals surface area contributed by atoms with Gasteiger partial charge < -0.3 is 14.6 Å². The van der Waals surface area contributed by atoms with Crippen LogP contribution in [0.3, 0.4) is 0 Å². The molecule has 21 heavy (non-hydrogen) atoms. The molecule has 2 aromatic rings. The minimum atomic E-state index is -0.854. The molecule has 1 aromatic heterocycles. The first kappa shape index (κ1) is 19.6. The number of aryl methyl sites for hydroxylation is 1. The first-order chi connectivity index (χ1) is 9.45. The fourth-order valence-electron chi connectivity index (χ4n) is 1.48. The summed E-state index contributed by atoms with van der Waals surface area (Å²) in [4.78, 5) is 21.7. The Labute approximate surface area is 144 Å². The molecule has 0 unspecified atom stereocenters. The van der Waals surface area contributed by atoms with E-state index in [1.807, 2.05) is 30.3 Å². The van der Waals surface area contributed by atoms with Crippen molar-refractivity contribution in [3.05, 3.63) is 63.7 Å². The predicted octanol–water partition coefficient (Wildman–Crippen LogP) is -1.59. The standard InChI is InChI=1S/C8H8O4.C7H8O.Na/c1-4-3-6(10)7(5(2)9)8(11)12-4;8-6-7-4-2-1-3-5-7;/h3,10H,1-2H3;1-5,8H,6H2;/q;;+1/p-1. The third-order valence-corrected chi connectivity index (χ3v) is 2.42. The molecule has 0 radical (unpaired) electrons. The van der Waals surface area contributed by atoms with Crippen molar-refractivity contribution in [1.29, 1.82) is 0 Å². The van der Waals surface area contributed by atoms with Gasteiger partial charge in [-0.25, -0.2) is 4.79 Å². The molecule has 0 saturated carbocycles. The first-order valence-electron chi connectivity index (χ1n) is 5.93. The van der Waals surface area contributed by atoms with E-state index in [0.717, 1.165) is 18.6 Å². The number of aliphatic hydroxyl groups excluding tert-OH is 1. The van der Waals surface area contributed by atoms with Gasteiger partial charge in [0.25, 0.3) is 0 Å². The summed E-state index contributed by atoms with van der Waals surface area (Å²) >= 11 is 0. The van der Waals surface area contributed by atoms with Gasteiger partial charge in [0.2, 0.25) is 0 Å². The summed E-state index contributed by atoms with van der Waals surface area (Å²) in [6, 6.07) is 10.6. The Morgan fingerprint density at radius 1 is 1.29 bits per heavy atom. The molecule has 0 atom stereocenters. The van der Waals surface area contributed by atoms with E-state index in [2.05, 4.69) is 4.42 Å². The second-order valence-corrected chi connectivity index (χ2v) is 4.08. The van der Waals surface area contributed by atoms with Crippen molar-refractivity contribution in [1.82, 2.24) is 0 Å². The third kappa shape index (κ3) is 6.27. The number of rotatable bonds is 2. The molecule has 0 aliphatic heterocycles. The van der Waals surface area contributed by atoms with Crippen LogP contribution in [0.5, 0.6) is 5.75 Å². The summed E-state index contributed by atoms with van der Waals surface area (Å²) in [5, 5.41) is 19.6. The second-order valence-electron chi connectivity index (χ2n) is 4.08. The van der Waals surface area contributed by atoms with Gasteiger partial charge in [0.1, 0.15) is 5.76 Å². The molecule has 0 amide bonds. The fraction of sp³-hybridized carbons (Fsp3) is 0.200. The van der Waals surface area contributed by atoms with Gasteiger partial charge in [-0.15, -0.1) is 0 Å². The fourth-order valence-corrected chi connectivity index (χ4v) is 1.48. The molecule has 0 spiro atoms. The molecule has 0 aliphatic carbocycles. The maximum absolute atomic E-state index is 11.0. The van der Waals surface area contributed by atoms with E-state index in [0.29, 0.717) is 0 Å². The van der Waals surface area contributed by atoms with E-state index in [9.17, 15) is 14.7 Å². The number of benzene rings is 1. The average Bonchev–Trinajstić information content (AvgIpc) is 2.38. The number of carbonyl (C=O) groups excluding carboxylic acids is 1. The zero-order valence-electron chi connectivity index (χ0n) is 12.3. The van der Waals surface area contributed by atoms with Crippen LogP contribution in [0.25, 0.3) is 0 Å². The van der Waals surface area contributed by atoms with Crippen molar-refractivity contribution >= 4 is 5.78 Å². The molecule has 1 N–H and O–H groups in total. The molecule has 2 rings (SSSR count). The molecule has 0 fully saturated rings. The molecule has 5 nitrogen and oxygen atoms in total. The predicted molar refractivity (Wildman–Crippen MR) is 71.5 cm³/mol. The van der Waals surface area contributed by atoms with Crippen LogP contribution in [0, 0.1) is 6.92 Å². The number of Topliss-reactive ketones (excluding diaryl/α,β-unsaturated/α-hetero) is 1. The van der Waals surface area contributed by atoms with E-state index >= 15 is 0 Å². The van der Waals surface area contributed by atoms with E-state index in [1.165, 1.54) is 6.92 Å². The minimum Gasteiger partial charge on any atom is -0.872 e. The molecule has 1 heterocycles. The number of hydrogen-bond acceptors (Lipinski definition) is 5. The van der Waals surface area contributed by atoms with E-state index < -0.39 is 22.7 Å². The maximum atomic E-state index is 11.0. The summed E-state index contributed by atoms with van der Waals surface area (Å²) < 4.78 is 4.57. The summed E-state index contributed by atoms with van der Waals surface area (Å²) in [7, 11) is 0. The van der Waals surface area contributed by atoms with Crippen molar-refractivity contribution in [3.8, 4) is 5.75 Å². The van der Waals surface area contributed by atoms with E-state index in [4.69, 9.17) is 5.11 Å². The number of hydrogen-bond donors (Lipinski definition) is 1. The van der Waals surface area contributed by atoms with E-state index in [-0.39, 0.29) is 41.9 Å². The summed E-state index contributed by atoms with van der Waals surface area (Å²) in [5.74, 6) is -0.917. The van der Waals surface area contributed by atoms with Crippen LogP contribution in [0.2, 0.25) is 0 Å². The van der Waals surface area contributed by atoms with Crippen LogP contribution < -0.4 is 40.3 Å². The van der Waals surface area contributed by atoms with Crippen LogP contribution in [-0.4, -0.2) is 10.9 Å². The van der Waals surface area contributed by atoms with Crippen molar-refractivity contribution in [2.75, 3.05) is 0 Å². The van der Waals surface area contributed by atoms with Crippen molar-refractivity contribution in [2.45, 2.75) is 20.5 Å². The monoisotopic (exact) mass is 298 g/mol. The molecule has 0 bridgehead atoms. The normalized spacial score (nSPS) is 9.10. The van der Waals surface area contributed by atoms with Gasteiger partial charge in [-0.2, -0.15) is 0 Å². The summed E-state index contributed by atoms with van der Waals surface area (Å²) in [5.41, 5.74) is -0.291. The van der Waals surface area contributed by atoms with Gasteiger partial charge in [-0.3, -0.25) is 4.79 Å². The summed E-state index contributed by atoms with van der Waals surface area (Å²) in [6.45, 7) is 2.77. The van der Waals surface area contributed by atoms with Crippen LogP contribution >= 0.6 is 0 Å². The number of ketones is 1. The van der Waals surface area contributed by atoms with Crippen molar-refractivity contribution in [2.24, 2.45) is 0 Å². The van der Waals surface area contributed by atoms with Crippen molar-refractivity contribution < 1.29 is 49.0 Å². The minimum absolute atomic E-state index is 0. The second kappa shape index (κ2) is 9.52. The van der Waals surface area contributed by atoms with Crippen LogP contribution in [-0.2, 0) is 6.61 Å². The van der Waals surface area contributed by atoms with Crippen molar-refractivity contribution in [3.63, 3.8) is 0 Å². The summed E-state index contributed by atoms with van der Waals surface area (Å²) in [6.07, 6.45) is 0. The molecule has 6 heteroatoms. The third-order valence-electron chi connectivity index (χ3n) is 2.42. The topological polar surface area (TPSA) is 90.6 Å². The van der Waals surface area contributed by atoms with Crippen LogP contribution in [0.15, 0.2) is 45.6 Å². The van der Waals surface area contributed by atoms with Crippen LogP contribution in [0.1, 0.15) is 28.6 Å². The zero-order chi connectivity index (χ0) is 15.1. The molecular formula is C15H15NaO5. The molecule has 106 valence electrons. The van der Waals surface area contributed by atoms with Gasteiger partial charge in [0.05, 0.1) is 12.2 Å². The molecular weight excluding hydrogens is 283 g/mol. The maximum Gasteiger partial charge on any atom is 1.00 e. The number of aliphatic hydroxyl groups is 1. The van der Waals surface area contributed by atoms with Crippen LogP contribution in [0.4, 0.5) is 0 Å². The molecule has 0 saturated heterocycles. The Morgan fingerprint density at radius 2 is 1.86 bits per heavy atom. The smallest absolute Gasteiger partial charge is 0.872 e. The van der Waals surface area contributed by atoms with Gasteiger partial charge in [-0.05, 0) is 25.5 Å². The Hall–Kier alpha value is -1.40. The van der Waals surface area contributed by atoms with Gasteiger partial charge in [0, 0.05) is 0 Å². The first-order valence-corrected chi connectivity index (χ1v) is 5.93. The Bertz CT molecular complexity index is 634. The SMILES string of the molecule is CC(=O)c1c([O-])cc(C)oc1=O.OCc1ccccc1.[Na+]. The Balaban J connectivity index is 0.000000390. The van der Waals surface area contributed by atoms with Gasteiger partial charge in [-0.1, -0.05) is 36.1 Å². The number of carbonyl (C=O) groups is 1. The zero-order valence-corrected chi connectivity index (χ0v) is 14.3. The Morgan fingerprint density at radius 3 is 2.24 bits per heavy atom. The quantitative estimate of drug-likeness (QED) is 0.533. The largest absolute Gasteiger partial charge is 1.00 e.